The van der Waals surface area contributed by atoms with E-state index >= 15 is 0 Å². The lowest BCUT2D eigenvalue weighted by Gasteiger charge is -2.36. The Morgan fingerprint density at radius 1 is 0.709 bits per heavy atom. The van der Waals surface area contributed by atoms with Crippen molar-refractivity contribution in [1.29, 1.82) is 0 Å². The van der Waals surface area contributed by atoms with Gasteiger partial charge in [0.15, 0.2) is 29.3 Å². The number of likely N-dealkylation sites (tertiary alicyclic amines) is 2. The summed E-state index contributed by atoms with van der Waals surface area (Å²) in [5, 5.41) is 28.5. The van der Waals surface area contributed by atoms with Gasteiger partial charge in [-0.05, 0) is 113 Å². The van der Waals surface area contributed by atoms with Gasteiger partial charge < -0.3 is 58.9 Å². The summed E-state index contributed by atoms with van der Waals surface area (Å²) in [5.74, 6) is -8.44. The van der Waals surface area contributed by atoms with Crippen molar-refractivity contribution in [3.05, 3.63) is 29.8 Å². The predicted molar refractivity (Wildman–Crippen MR) is 307 cm³/mol. The summed E-state index contributed by atoms with van der Waals surface area (Å²) in [6.07, 6.45) is 3.27. The van der Waals surface area contributed by atoms with Crippen LogP contribution in [0.25, 0.3) is 0 Å². The van der Waals surface area contributed by atoms with E-state index in [1.165, 1.54) is 40.6 Å². The van der Waals surface area contributed by atoms with Gasteiger partial charge in [-0.1, -0.05) is 60.6 Å². The molecule has 2 aliphatic heterocycles. The molecule has 3 rings (SSSR count). The molecule has 2 heterocycles. The average Bonchev–Trinajstić information content (AvgIpc) is 4.11. The van der Waals surface area contributed by atoms with Gasteiger partial charge in [-0.2, -0.15) is 11.8 Å². The molecule has 0 spiro atoms. The summed E-state index contributed by atoms with van der Waals surface area (Å²) in [4.78, 5) is 136. The Morgan fingerprint density at radius 2 is 1.24 bits per heavy atom. The van der Waals surface area contributed by atoms with Gasteiger partial charge in [-0.3, -0.25) is 53.1 Å². The number of benzene rings is 1. The normalized spacial score (nSPS) is 17.6. The highest BCUT2D eigenvalue weighted by molar-refractivity contribution is 8.00. The number of ketones is 3. The van der Waals surface area contributed by atoms with Crippen molar-refractivity contribution in [3.63, 3.8) is 0 Å². The highest BCUT2D eigenvalue weighted by Gasteiger charge is 2.45. The van der Waals surface area contributed by atoms with Crippen LogP contribution in [0.2, 0.25) is 0 Å². The number of Topliss-reactive ketones (excluding diaryl/α,β-unsaturated/α-hetero) is 3. The van der Waals surface area contributed by atoms with E-state index in [2.05, 4.69) is 25.9 Å². The fourth-order valence-corrected chi connectivity index (χ4v) is 10.4. The first-order chi connectivity index (χ1) is 37.0. The minimum atomic E-state index is -1.15. The molecule has 5 amide bonds. The molecule has 23 heteroatoms. The van der Waals surface area contributed by atoms with Gasteiger partial charge in [0.25, 0.3) is 0 Å². The number of guanidine groups is 2. The number of aliphatic imine (C=N–C) groups is 2. The Bertz CT molecular complexity index is 2300. The van der Waals surface area contributed by atoms with E-state index < -0.39 is 111 Å². The van der Waals surface area contributed by atoms with E-state index in [9.17, 15) is 53.4 Å². The predicted octanol–water partition coefficient (Wildman–Crippen LogP) is 3.57. The number of hydrogen-bond acceptors (Lipinski definition) is 13. The maximum Gasteiger partial charge on any atom is 0.306 e. The molecule has 0 radical (unpaired) electrons. The number of phenols is 1. The monoisotopic (exact) mass is 1130 g/mol. The third-order valence-corrected chi connectivity index (χ3v) is 15.6. The van der Waals surface area contributed by atoms with E-state index in [1.54, 1.807) is 32.9 Å². The number of carbonyl (C=O) groups excluding carboxylic acids is 8. The van der Waals surface area contributed by atoms with Crippen LogP contribution in [0.1, 0.15) is 152 Å². The SMILES string of the molecule is CC.CSC(C)(C)[C@H](NC(C)=O)C(=O)N1CCC[C@H]1C(=O)N[C@@H](CCCN=C(N)N)C(=O)C[C@@H](CCCN=C(N)N)C(=O)N1CCC[C@H]1C(=O)C[C@@H](Cc1ccc(O)cc1)C(=O)N[C@H](C(=O)C[C@@H](CC(C)C)C(=O)O)C(C)(C)C. The summed E-state index contributed by atoms with van der Waals surface area (Å²) in [6.45, 7) is 18.6. The summed E-state index contributed by atoms with van der Waals surface area (Å²) < 4.78 is -0.734. The first-order valence-corrected chi connectivity index (χ1v) is 28.9. The van der Waals surface area contributed by atoms with Crippen LogP contribution in [0.3, 0.4) is 0 Å². The fourth-order valence-electron chi connectivity index (χ4n) is 10.0. The van der Waals surface area contributed by atoms with Crippen LogP contribution < -0.4 is 38.9 Å². The third-order valence-electron chi connectivity index (χ3n) is 14.3. The zero-order valence-corrected chi connectivity index (χ0v) is 49.4. The Balaban J connectivity index is 0.0000105. The first-order valence-electron chi connectivity index (χ1n) is 27.7. The van der Waals surface area contributed by atoms with Crippen molar-refractivity contribution in [2.45, 2.75) is 188 Å². The molecule has 0 saturated carbocycles. The standard InChI is InChI=1S/C54H87N11O11S.C2H6/c1-31(2)26-36(50(75)76)30-43(70)44(53(4,5)6)63-46(71)35(27-33-18-20-37(67)21-19-33)29-42(69)39-16-12-24-64(39)48(73)34(14-10-22-59-51(55)56)28-41(68)38(15-11-23-60-52(57)58)62-47(72)40-17-13-25-65(40)49(74)45(61-32(3)66)54(7,8)77-9;1-2/h18-21,31,34-36,38-40,44-45,67H,10-17,22-30H2,1-9H3,(H,61,66)(H,62,72)(H,63,71)(H,75,76)(H4,55,56,59)(H4,57,58,60);1-2H3/t34-,35-,36-,38+,39+,40+,44-,45-;/m1./s1. The molecule has 1 aromatic carbocycles. The number of aromatic hydroxyl groups is 1. The second-order valence-corrected chi connectivity index (χ2v) is 24.0. The van der Waals surface area contributed by atoms with Crippen LogP contribution >= 0.6 is 11.8 Å². The van der Waals surface area contributed by atoms with Crippen molar-refractivity contribution >= 4 is 76.5 Å². The van der Waals surface area contributed by atoms with E-state index in [0.717, 1.165) is 0 Å². The molecule has 0 aliphatic carbocycles. The number of carboxylic acid groups (broad SMARTS) is 1. The minimum Gasteiger partial charge on any atom is -0.508 e. The van der Waals surface area contributed by atoms with E-state index in [0.29, 0.717) is 24.8 Å². The summed E-state index contributed by atoms with van der Waals surface area (Å²) >= 11 is 1.39. The number of carbonyl (C=O) groups is 9. The number of amides is 5. The number of thioether (sulfide) groups is 1. The number of carboxylic acids is 1. The highest BCUT2D eigenvalue weighted by Crippen LogP contribution is 2.32. The lowest BCUT2D eigenvalue weighted by molar-refractivity contribution is -0.145. The Labute approximate surface area is 471 Å². The topological polar surface area (TPSA) is 365 Å². The van der Waals surface area contributed by atoms with Gasteiger partial charge in [0.05, 0.1) is 24.0 Å². The molecule has 2 fully saturated rings. The quantitative estimate of drug-likeness (QED) is 0.0291. The summed E-state index contributed by atoms with van der Waals surface area (Å²) in [5.41, 5.74) is 22.1. The molecule has 0 unspecified atom stereocenters. The number of phenolic OH excluding ortho intramolecular Hbond substituents is 1. The summed E-state index contributed by atoms with van der Waals surface area (Å²) in [7, 11) is 0. The van der Waals surface area contributed by atoms with Crippen molar-refractivity contribution in [2.24, 2.45) is 62.0 Å². The number of nitrogens with zero attached hydrogens (tertiary/aromatic N) is 4. The maximum atomic E-state index is 14.9. The van der Waals surface area contributed by atoms with Gasteiger partial charge in [-0.25, -0.2) is 0 Å². The largest absolute Gasteiger partial charge is 0.508 e. The second kappa shape index (κ2) is 32.7. The second-order valence-electron chi connectivity index (χ2n) is 22.5. The number of hydrogen-bond donors (Lipinski definition) is 9. The molecule has 2 aliphatic rings. The smallest absolute Gasteiger partial charge is 0.306 e. The molecule has 444 valence electrons. The lowest BCUT2D eigenvalue weighted by atomic mass is 9.80. The molecule has 22 nitrogen and oxygen atoms in total. The Hall–Kier alpha value is -6.26. The van der Waals surface area contributed by atoms with E-state index in [1.807, 2.05) is 47.8 Å². The van der Waals surface area contributed by atoms with Crippen molar-refractivity contribution < 1.29 is 53.4 Å². The molecule has 0 aromatic heterocycles. The van der Waals surface area contributed by atoms with Crippen molar-refractivity contribution in [1.82, 2.24) is 25.8 Å². The number of nitrogens with two attached hydrogens (primary N) is 4. The molecule has 0 bridgehead atoms. The zero-order chi connectivity index (χ0) is 59.9. The summed E-state index contributed by atoms with van der Waals surface area (Å²) in [6, 6.07) is 0.960. The molecular weight excluding hydrogens is 1030 g/mol. The Morgan fingerprint density at radius 3 is 1.75 bits per heavy atom. The molecule has 2 saturated heterocycles. The fraction of sp³-hybridized carbons (Fsp3) is 0.696. The van der Waals surface area contributed by atoms with Crippen LogP contribution in [0, 0.1) is 29.1 Å². The van der Waals surface area contributed by atoms with Gasteiger partial charge in [0.1, 0.15) is 17.8 Å². The van der Waals surface area contributed by atoms with Crippen LogP contribution in [0.5, 0.6) is 5.75 Å². The van der Waals surface area contributed by atoms with Gasteiger partial charge in [-0.15, -0.1) is 0 Å². The molecule has 8 atom stereocenters. The number of rotatable bonds is 31. The van der Waals surface area contributed by atoms with Crippen molar-refractivity contribution in [3.8, 4) is 5.75 Å². The molecular formula is C56H93N11O11S. The number of aliphatic carboxylic acids is 1. The van der Waals surface area contributed by atoms with E-state index in [-0.39, 0.29) is 114 Å². The number of nitrogens with one attached hydrogen (secondary N) is 3. The Kier molecular flexibility index (Phi) is 28.5. The lowest BCUT2D eigenvalue weighted by Crippen LogP contribution is -2.60. The third kappa shape index (κ3) is 22.4. The van der Waals surface area contributed by atoms with Crippen LogP contribution in [0.15, 0.2) is 34.3 Å². The van der Waals surface area contributed by atoms with Gasteiger partial charge >= 0.3 is 5.97 Å². The van der Waals surface area contributed by atoms with Gasteiger partial charge in [0, 0.05) is 68.9 Å². The maximum absolute atomic E-state index is 14.9. The first kappa shape index (κ1) is 68.8. The highest BCUT2D eigenvalue weighted by atomic mass is 32.2. The molecule has 79 heavy (non-hydrogen) atoms. The molecule has 1 aromatic rings. The van der Waals surface area contributed by atoms with E-state index in [4.69, 9.17) is 22.9 Å². The zero-order valence-electron chi connectivity index (χ0n) is 48.6. The molecule has 13 N–H and O–H groups in total. The van der Waals surface area contributed by atoms with Crippen LogP contribution in [-0.4, -0.2) is 152 Å². The van der Waals surface area contributed by atoms with Gasteiger partial charge in [0.2, 0.25) is 29.5 Å². The average molecular weight is 1130 g/mol. The van der Waals surface area contributed by atoms with Crippen LogP contribution in [-0.2, 0) is 49.6 Å². The minimum absolute atomic E-state index is 0.00426. The van der Waals surface area contributed by atoms with Crippen molar-refractivity contribution in [2.75, 3.05) is 32.4 Å². The van der Waals surface area contributed by atoms with Crippen LogP contribution in [0.4, 0.5) is 0 Å².